The third kappa shape index (κ3) is 3.77. The summed E-state index contributed by atoms with van der Waals surface area (Å²) < 4.78 is 5.44. The van der Waals surface area contributed by atoms with Crippen molar-refractivity contribution in [3.63, 3.8) is 0 Å². The highest BCUT2D eigenvalue weighted by atomic mass is 16.5. The first-order chi connectivity index (χ1) is 9.09. The van der Waals surface area contributed by atoms with Gasteiger partial charge >= 0.3 is 0 Å². The van der Waals surface area contributed by atoms with E-state index >= 15 is 0 Å². The van der Waals surface area contributed by atoms with Gasteiger partial charge in [0.2, 0.25) is 5.91 Å². The number of aryl methyl sites for hydroxylation is 1. The van der Waals surface area contributed by atoms with Crippen LogP contribution >= 0.6 is 0 Å². The SMILES string of the molecule is CC1(C)COCCN1C(=O)CCCc1cccnc1. The first-order valence-electron chi connectivity index (χ1n) is 6.87. The van der Waals surface area contributed by atoms with E-state index in [1.165, 1.54) is 5.56 Å². The second kappa shape index (κ2) is 6.15. The van der Waals surface area contributed by atoms with Gasteiger partial charge in [-0.05, 0) is 38.3 Å². The fourth-order valence-electron chi connectivity index (χ4n) is 2.45. The molecule has 0 unspecified atom stereocenters. The second-order valence-electron chi connectivity index (χ2n) is 5.63. The predicted molar refractivity (Wildman–Crippen MR) is 73.8 cm³/mol. The zero-order valence-electron chi connectivity index (χ0n) is 11.8. The summed E-state index contributed by atoms with van der Waals surface area (Å²) >= 11 is 0. The van der Waals surface area contributed by atoms with Crippen LogP contribution in [0.25, 0.3) is 0 Å². The van der Waals surface area contributed by atoms with Crippen LogP contribution in [0.2, 0.25) is 0 Å². The second-order valence-corrected chi connectivity index (χ2v) is 5.63. The van der Waals surface area contributed by atoms with Gasteiger partial charge in [-0.3, -0.25) is 9.78 Å². The van der Waals surface area contributed by atoms with Crippen molar-refractivity contribution in [3.05, 3.63) is 30.1 Å². The van der Waals surface area contributed by atoms with E-state index < -0.39 is 0 Å². The van der Waals surface area contributed by atoms with Crippen LogP contribution in [0.3, 0.4) is 0 Å². The molecule has 0 N–H and O–H groups in total. The summed E-state index contributed by atoms with van der Waals surface area (Å²) in [6.45, 7) is 6.11. The topological polar surface area (TPSA) is 42.4 Å². The zero-order chi connectivity index (χ0) is 13.7. The number of aromatic nitrogens is 1. The molecule has 0 aromatic carbocycles. The number of rotatable bonds is 4. The van der Waals surface area contributed by atoms with Crippen LogP contribution in [0.1, 0.15) is 32.3 Å². The van der Waals surface area contributed by atoms with E-state index in [2.05, 4.69) is 24.9 Å². The lowest BCUT2D eigenvalue weighted by Gasteiger charge is -2.42. The van der Waals surface area contributed by atoms with Crippen LogP contribution in [0.5, 0.6) is 0 Å². The van der Waals surface area contributed by atoms with E-state index in [1.807, 2.05) is 17.2 Å². The van der Waals surface area contributed by atoms with Gasteiger partial charge in [-0.15, -0.1) is 0 Å². The maximum atomic E-state index is 12.3. The molecule has 0 radical (unpaired) electrons. The Labute approximate surface area is 114 Å². The molecule has 0 saturated carbocycles. The summed E-state index contributed by atoms with van der Waals surface area (Å²) in [5.74, 6) is 0.234. The number of carbonyl (C=O) groups excluding carboxylic acids is 1. The average Bonchev–Trinajstić information content (AvgIpc) is 2.39. The Morgan fingerprint density at radius 1 is 1.53 bits per heavy atom. The Bertz CT molecular complexity index is 417. The fraction of sp³-hybridized carbons (Fsp3) is 0.600. The van der Waals surface area contributed by atoms with Gasteiger partial charge in [0, 0.05) is 25.4 Å². The summed E-state index contributed by atoms with van der Waals surface area (Å²) in [7, 11) is 0. The van der Waals surface area contributed by atoms with Crippen molar-refractivity contribution in [1.29, 1.82) is 0 Å². The molecule has 0 spiro atoms. The van der Waals surface area contributed by atoms with Crippen molar-refractivity contribution in [3.8, 4) is 0 Å². The van der Waals surface area contributed by atoms with E-state index in [0.717, 1.165) is 12.8 Å². The molecule has 104 valence electrons. The fourth-order valence-corrected chi connectivity index (χ4v) is 2.45. The van der Waals surface area contributed by atoms with Crippen molar-refractivity contribution < 1.29 is 9.53 Å². The first-order valence-corrected chi connectivity index (χ1v) is 6.87. The smallest absolute Gasteiger partial charge is 0.223 e. The van der Waals surface area contributed by atoms with Crippen LogP contribution in [0.4, 0.5) is 0 Å². The number of carbonyl (C=O) groups is 1. The van der Waals surface area contributed by atoms with E-state index in [9.17, 15) is 4.79 Å². The standard InChI is InChI=1S/C15H22N2O2/c1-15(2)12-19-10-9-17(15)14(18)7-3-5-13-6-4-8-16-11-13/h4,6,8,11H,3,5,7,9-10,12H2,1-2H3. The monoisotopic (exact) mass is 262 g/mol. The van der Waals surface area contributed by atoms with Crippen molar-refractivity contribution in [2.24, 2.45) is 0 Å². The van der Waals surface area contributed by atoms with E-state index in [1.54, 1.807) is 6.20 Å². The Balaban J connectivity index is 1.81. The minimum Gasteiger partial charge on any atom is -0.377 e. The third-order valence-electron chi connectivity index (χ3n) is 3.53. The van der Waals surface area contributed by atoms with Crippen LogP contribution < -0.4 is 0 Å². The van der Waals surface area contributed by atoms with Crippen LogP contribution in [-0.2, 0) is 16.0 Å². The molecule has 1 aromatic heterocycles. The van der Waals surface area contributed by atoms with E-state index in [-0.39, 0.29) is 11.4 Å². The molecule has 1 fully saturated rings. The van der Waals surface area contributed by atoms with Gasteiger partial charge < -0.3 is 9.64 Å². The molecule has 0 atom stereocenters. The summed E-state index contributed by atoms with van der Waals surface area (Å²) in [5, 5.41) is 0. The first kappa shape index (κ1) is 14.0. The lowest BCUT2D eigenvalue weighted by Crippen LogP contribution is -2.55. The van der Waals surface area contributed by atoms with Gasteiger partial charge in [-0.2, -0.15) is 0 Å². The van der Waals surface area contributed by atoms with Crippen LogP contribution in [0.15, 0.2) is 24.5 Å². The number of morpholine rings is 1. The number of hydrogen-bond acceptors (Lipinski definition) is 3. The van der Waals surface area contributed by atoms with Crippen LogP contribution in [0, 0.1) is 0 Å². The Morgan fingerprint density at radius 2 is 2.37 bits per heavy atom. The maximum absolute atomic E-state index is 12.3. The Hall–Kier alpha value is -1.42. The molecule has 2 rings (SSSR count). The minimum absolute atomic E-state index is 0.177. The zero-order valence-corrected chi connectivity index (χ0v) is 11.8. The quantitative estimate of drug-likeness (QED) is 0.834. The molecule has 4 nitrogen and oxygen atoms in total. The normalized spacial score (nSPS) is 18.3. The molecule has 2 heterocycles. The molecule has 0 bridgehead atoms. The number of nitrogens with zero attached hydrogens (tertiary/aromatic N) is 2. The van der Waals surface area contributed by atoms with Crippen molar-refractivity contribution in [2.45, 2.75) is 38.6 Å². The average molecular weight is 262 g/mol. The molecule has 1 aliphatic rings. The van der Waals surface area contributed by atoms with E-state index in [4.69, 9.17) is 4.74 Å². The molecule has 1 aromatic rings. The number of hydrogen-bond donors (Lipinski definition) is 0. The lowest BCUT2D eigenvalue weighted by molar-refractivity contribution is -0.146. The summed E-state index contributed by atoms with van der Waals surface area (Å²) in [6.07, 6.45) is 6.01. The summed E-state index contributed by atoms with van der Waals surface area (Å²) in [6, 6.07) is 3.98. The highest BCUT2D eigenvalue weighted by Crippen LogP contribution is 2.20. The molecule has 19 heavy (non-hydrogen) atoms. The lowest BCUT2D eigenvalue weighted by atomic mass is 10.0. The van der Waals surface area contributed by atoms with Gasteiger partial charge in [-0.1, -0.05) is 6.07 Å². The third-order valence-corrected chi connectivity index (χ3v) is 3.53. The van der Waals surface area contributed by atoms with Gasteiger partial charge in [0.05, 0.1) is 18.8 Å². The van der Waals surface area contributed by atoms with E-state index in [0.29, 0.717) is 26.2 Å². The number of amides is 1. The Morgan fingerprint density at radius 3 is 3.05 bits per heavy atom. The summed E-state index contributed by atoms with van der Waals surface area (Å²) in [5.41, 5.74) is 1.01. The predicted octanol–water partition coefficient (Wildman–Crippen LogP) is 2.04. The highest BCUT2D eigenvalue weighted by Gasteiger charge is 2.33. The van der Waals surface area contributed by atoms with Crippen molar-refractivity contribution in [1.82, 2.24) is 9.88 Å². The molecule has 1 aliphatic heterocycles. The Kier molecular flexibility index (Phi) is 4.53. The largest absolute Gasteiger partial charge is 0.377 e. The molecule has 1 saturated heterocycles. The van der Waals surface area contributed by atoms with Crippen molar-refractivity contribution in [2.75, 3.05) is 19.8 Å². The van der Waals surface area contributed by atoms with Gasteiger partial charge in [-0.25, -0.2) is 0 Å². The number of ether oxygens (including phenoxy) is 1. The van der Waals surface area contributed by atoms with Gasteiger partial charge in [0.25, 0.3) is 0 Å². The van der Waals surface area contributed by atoms with Crippen LogP contribution in [-0.4, -0.2) is 41.1 Å². The molecule has 1 amide bonds. The highest BCUT2D eigenvalue weighted by molar-refractivity contribution is 5.77. The van der Waals surface area contributed by atoms with Crippen molar-refractivity contribution >= 4 is 5.91 Å². The summed E-state index contributed by atoms with van der Waals surface area (Å²) in [4.78, 5) is 18.3. The number of pyridine rings is 1. The minimum atomic E-state index is -0.177. The van der Waals surface area contributed by atoms with Gasteiger partial charge in [0.15, 0.2) is 0 Å². The molecule has 4 heteroatoms. The molecular weight excluding hydrogens is 240 g/mol. The maximum Gasteiger partial charge on any atom is 0.223 e. The van der Waals surface area contributed by atoms with Gasteiger partial charge in [0.1, 0.15) is 0 Å². The molecular formula is C15H22N2O2. The molecule has 0 aliphatic carbocycles.